The van der Waals surface area contributed by atoms with E-state index in [9.17, 15) is 14.7 Å². The fourth-order valence-corrected chi connectivity index (χ4v) is 2.35. The fourth-order valence-electron chi connectivity index (χ4n) is 2.35. The largest absolute Gasteiger partial charge is 0.479 e. The van der Waals surface area contributed by atoms with Crippen molar-refractivity contribution in [3.8, 4) is 0 Å². The minimum atomic E-state index is -1.05. The number of carbonyl (C=O) groups is 2. The molecule has 0 saturated heterocycles. The summed E-state index contributed by atoms with van der Waals surface area (Å²) in [6.07, 6.45) is 1.88. The Morgan fingerprint density at radius 1 is 1.29 bits per heavy atom. The minimum absolute atomic E-state index is 0.167. The number of rotatable bonds is 7. The van der Waals surface area contributed by atoms with Crippen LogP contribution in [0.4, 0.5) is 0 Å². The van der Waals surface area contributed by atoms with Crippen molar-refractivity contribution in [3.05, 3.63) is 0 Å². The maximum atomic E-state index is 11.6. The second kappa shape index (κ2) is 6.62. The van der Waals surface area contributed by atoms with E-state index in [4.69, 9.17) is 0 Å². The summed E-state index contributed by atoms with van der Waals surface area (Å²) in [6, 6.07) is 0. The first-order valence-corrected chi connectivity index (χ1v) is 6.37. The van der Waals surface area contributed by atoms with E-state index in [-0.39, 0.29) is 5.91 Å². The van der Waals surface area contributed by atoms with Crippen molar-refractivity contribution in [2.24, 2.45) is 5.92 Å². The van der Waals surface area contributed by atoms with Gasteiger partial charge in [-0.25, -0.2) is 4.79 Å². The van der Waals surface area contributed by atoms with Gasteiger partial charge in [0.15, 0.2) is 0 Å². The Morgan fingerprint density at radius 2 is 1.82 bits per heavy atom. The second-order valence-electron chi connectivity index (χ2n) is 4.67. The molecule has 0 aliphatic heterocycles. The first kappa shape index (κ1) is 15.9. The summed E-state index contributed by atoms with van der Waals surface area (Å²) in [5.74, 6) is -0.767. The van der Waals surface area contributed by atoms with Gasteiger partial charge in [-0.1, -0.05) is 27.2 Å². The molecule has 0 rings (SSSR count). The summed E-state index contributed by atoms with van der Waals surface area (Å²) in [5.41, 5.74) is -1.05. The van der Waals surface area contributed by atoms with Gasteiger partial charge >= 0.3 is 5.97 Å². The van der Waals surface area contributed by atoms with Gasteiger partial charge in [0.1, 0.15) is 5.54 Å². The van der Waals surface area contributed by atoms with E-state index in [1.54, 1.807) is 0 Å². The molecule has 0 aliphatic carbocycles. The third kappa shape index (κ3) is 3.45. The molecule has 1 amide bonds. The quantitative estimate of drug-likeness (QED) is 0.747. The molecular weight excluding hydrogens is 218 g/mol. The van der Waals surface area contributed by atoms with Crippen LogP contribution < -0.4 is 0 Å². The molecule has 0 saturated carbocycles. The van der Waals surface area contributed by atoms with E-state index in [0.29, 0.717) is 25.3 Å². The Kier molecular flexibility index (Phi) is 6.21. The highest BCUT2D eigenvalue weighted by atomic mass is 16.4. The lowest BCUT2D eigenvalue weighted by molar-refractivity contribution is -0.160. The van der Waals surface area contributed by atoms with Crippen LogP contribution in [-0.2, 0) is 9.59 Å². The van der Waals surface area contributed by atoms with Crippen LogP contribution in [0.15, 0.2) is 0 Å². The topological polar surface area (TPSA) is 57.6 Å². The molecule has 2 unspecified atom stereocenters. The van der Waals surface area contributed by atoms with Crippen molar-refractivity contribution in [1.29, 1.82) is 0 Å². The molecule has 4 heteroatoms. The Balaban J connectivity index is 5.33. The van der Waals surface area contributed by atoms with Gasteiger partial charge < -0.3 is 10.0 Å². The molecule has 0 aliphatic rings. The van der Waals surface area contributed by atoms with Crippen molar-refractivity contribution >= 4 is 11.9 Å². The van der Waals surface area contributed by atoms with E-state index in [1.165, 1.54) is 11.8 Å². The van der Waals surface area contributed by atoms with Crippen LogP contribution >= 0.6 is 0 Å². The molecule has 1 N–H and O–H groups in total. The molecule has 0 fully saturated rings. The smallest absolute Gasteiger partial charge is 0.329 e. The van der Waals surface area contributed by atoms with Crippen LogP contribution in [0.2, 0.25) is 0 Å². The van der Waals surface area contributed by atoms with E-state index < -0.39 is 11.5 Å². The Labute approximate surface area is 104 Å². The average molecular weight is 243 g/mol. The molecule has 0 heterocycles. The molecule has 0 aromatic rings. The molecule has 100 valence electrons. The summed E-state index contributed by atoms with van der Waals surface area (Å²) in [5, 5.41) is 9.52. The lowest BCUT2D eigenvalue weighted by atomic mass is 9.83. The zero-order chi connectivity index (χ0) is 13.6. The molecule has 2 atom stereocenters. The van der Waals surface area contributed by atoms with Gasteiger partial charge in [-0.3, -0.25) is 4.79 Å². The van der Waals surface area contributed by atoms with Crippen LogP contribution in [-0.4, -0.2) is 34.0 Å². The normalized spacial score (nSPS) is 16.1. The van der Waals surface area contributed by atoms with Gasteiger partial charge in [-0.15, -0.1) is 0 Å². The Bertz CT molecular complexity index is 278. The molecule has 0 aromatic heterocycles. The number of likely N-dealkylation sites (N-methyl/N-ethyl adjacent to an activating group) is 1. The third-order valence-corrected chi connectivity index (χ3v) is 3.58. The van der Waals surface area contributed by atoms with Gasteiger partial charge in [0.2, 0.25) is 5.91 Å². The van der Waals surface area contributed by atoms with Crippen LogP contribution in [0.1, 0.15) is 53.9 Å². The van der Waals surface area contributed by atoms with E-state index in [1.807, 2.05) is 27.7 Å². The van der Waals surface area contributed by atoms with Gasteiger partial charge in [0, 0.05) is 13.5 Å². The predicted molar refractivity (Wildman–Crippen MR) is 67.8 cm³/mol. The monoisotopic (exact) mass is 243 g/mol. The molecule has 0 aromatic carbocycles. The zero-order valence-corrected chi connectivity index (χ0v) is 11.6. The number of carboxylic acids is 1. The summed E-state index contributed by atoms with van der Waals surface area (Å²) in [6.45, 7) is 9.60. The molecular formula is C13H25NO3. The highest BCUT2D eigenvalue weighted by Gasteiger charge is 2.44. The molecule has 0 bridgehead atoms. The summed E-state index contributed by atoms with van der Waals surface area (Å²) in [4.78, 5) is 24.7. The number of hydrogen-bond donors (Lipinski definition) is 1. The van der Waals surface area contributed by atoms with Crippen molar-refractivity contribution in [2.75, 3.05) is 6.54 Å². The van der Waals surface area contributed by atoms with E-state index >= 15 is 0 Å². The molecule has 0 spiro atoms. The number of carbonyl (C=O) groups excluding carboxylic acids is 1. The number of nitrogens with zero attached hydrogens (tertiary/aromatic N) is 1. The van der Waals surface area contributed by atoms with Crippen LogP contribution in [0.5, 0.6) is 0 Å². The molecule has 0 radical (unpaired) electrons. The SMILES string of the molecule is CCC(C)CC(CC)(C(=O)O)N(CC)C(C)=O. The molecule has 4 nitrogen and oxygen atoms in total. The van der Waals surface area contributed by atoms with Gasteiger partial charge in [-0.05, 0) is 25.7 Å². The number of carboxylic acid groups (broad SMARTS) is 1. The summed E-state index contributed by atoms with van der Waals surface area (Å²) in [7, 11) is 0. The fraction of sp³-hybridized carbons (Fsp3) is 0.846. The van der Waals surface area contributed by atoms with Gasteiger partial charge in [0.25, 0.3) is 0 Å². The standard InChI is InChI=1S/C13H25NO3/c1-6-10(4)9-13(7-2,12(16)17)14(8-3)11(5)15/h10H,6-9H2,1-5H3,(H,16,17). The second-order valence-corrected chi connectivity index (χ2v) is 4.67. The van der Waals surface area contributed by atoms with E-state index in [0.717, 1.165) is 6.42 Å². The van der Waals surface area contributed by atoms with Gasteiger partial charge in [0.05, 0.1) is 0 Å². The van der Waals surface area contributed by atoms with Crippen molar-refractivity contribution in [1.82, 2.24) is 4.90 Å². The summed E-state index contributed by atoms with van der Waals surface area (Å²) < 4.78 is 0. The zero-order valence-electron chi connectivity index (χ0n) is 11.6. The van der Waals surface area contributed by atoms with Crippen molar-refractivity contribution in [3.63, 3.8) is 0 Å². The Hall–Kier alpha value is -1.06. The van der Waals surface area contributed by atoms with Crippen molar-refractivity contribution in [2.45, 2.75) is 59.4 Å². The number of amides is 1. The van der Waals surface area contributed by atoms with Crippen LogP contribution in [0.3, 0.4) is 0 Å². The van der Waals surface area contributed by atoms with Crippen LogP contribution in [0.25, 0.3) is 0 Å². The van der Waals surface area contributed by atoms with E-state index in [2.05, 4.69) is 0 Å². The first-order valence-electron chi connectivity index (χ1n) is 6.37. The predicted octanol–water partition coefficient (Wildman–Crippen LogP) is 2.52. The maximum Gasteiger partial charge on any atom is 0.329 e. The highest BCUT2D eigenvalue weighted by molar-refractivity contribution is 5.86. The summed E-state index contributed by atoms with van der Waals surface area (Å²) >= 11 is 0. The lowest BCUT2D eigenvalue weighted by Crippen LogP contribution is -2.57. The highest BCUT2D eigenvalue weighted by Crippen LogP contribution is 2.29. The average Bonchev–Trinajstić information content (AvgIpc) is 2.27. The van der Waals surface area contributed by atoms with Crippen molar-refractivity contribution < 1.29 is 14.7 Å². The minimum Gasteiger partial charge on any atom is -0.479 e. The number of aliphatic carboxylic acids is 1. The molecule has 17 heavy (non-hydrogen) atoms. The van der Waals surface area contributed by atoms with Crippen LogP contribution in [0, 0.1) is 5.92 Å². The maximum absolute atomic E-state index is 11.6. The lowest BCUT2D eigenvalue weighted by Gasteiger charge is -2.40. The third-order valence-electron chi connectivity index (χ3n) is 3.58. The first-order chi connectivity index (χ1) is 7.85. The Morgan fingerprint density at radius 3 is 2.06 bits per heavy atom. The van der Waals surface area contributed by atoms with Gasteiger partial charge in [-0.2, -0.15) is 0 Å². The number of hydrogen-bond acceptors (Lipinski definition) is 2.